The molecule has 1 aromatic rings. The molecule has 98 valence electrons. The van der Waals surface area contributed by atoms with Gasteiger partial charge in [0.15, 0.2) is 0 Å². The highest BCUT2D eigenvalue weighted by molar-refractivity contribution is 7.89. The van der Waals surface area contributed by atoms with Gasteiger partial charge in [-0.1, -0.05) is 0 Å². The van der Waals surface area contributed by atoms with Gasteiger partial charge in [-0.15, -0.1) is 0 Å². The van der Waals surface area contributed by atoms with Gasteiger partial charge in [-0.25, -0.2) is 13.4 Å². The molecule has 0 amide bonds. The summed E-state index contributed by atoms with van der Waals surface area (Å²) < 4.78 is 30.0. The predicted molar refractivity (Wildman–Crippen MR) is 60.7 cm³/mol. The number of aliphatic carboxylic acids is 1. The van der Waals surface area contributed by atoms with E-state index in [9.17, 15) is 13.2 Å². The normalized spacial score (nSPS) is 17.2. The van der Waals surface area contributed by atoms with Crippen molar-refractivity contribution in [3.8, 4) is 5.88 Å². The van der Waals surface area contributed by atoms with Crippen molar-refractivity contribution in [2.45, 2.75) is 4.90 Å². The van der Waals surface area contributed by atoms with Crippen LogP contribution < -0.4 is 4.74 Å². The lowest BCUT2D eigenvalue weighted by Gasteiger charge is -2.35. The Labute approximate surface area is 104 Å². The number of ether oxygens (including phenoxy) is 1. The topological polar surface area (TPSA) is 96.8 Å². The summed E-state index contributed by atoms with van der Waals surface area (Å²) in [5.41, 5.74) is 0. The zero-order valence-electron chi connectivity index (χ0n) is 9.61. The highest BCUT2D eigenvalue weighted by atomic mass is 32.2. The van der Waals surface area contributed by atoms with Gasteiger partial charge >= 0.3 is 5.97 Å². The highest BCUT2D eigenvalue weighted by Crippen LogP contribution is 2.25. The molecule has 1 fully saturated rings. The first-order valence-electron chi connectivity index (χ1n) is 5.18. The number of nitrogens with zero attached hydrogens (tertiary/aromatic N) is 2. The SMILES string of the molecule is COc1ccc(S(=O)(=O)N2CC(C(=O)O)C2)cn1. The predicted octanol–water partition coefficient (Wildman–Crippen LogP) is -0.205. The summed E-state index contributed by atoms with van der Waals surface area (Å²) in [6.45, 7) is 0.00733. The van der Waals surface area contributed by atoms with Crippen LogP contribution in [0.3, 0.4) is 0 Å². The molecule has 2 heterocycles. The number of methoxy groups -OCH3 is 1. The minimum Gasteiger partial charge on any atom is -0.481 e. The van der Waals surface area contributed by atoms with Gasteiger partial charge < -0.3 is 9.84 Å². The number of rotatable bonds is 4. The van der Waals surface area contributed by atoms with E-state index in [0.29, 0.717) is 5.88 Å². The Morgan fingerprint density at radius 3 is 2.61 bits per heavy atom. The van der Waals surface area contributed by atoms with Crippen LogP contribution in [0.2, 0.25) is 0 Å². The van der Waals surface area contributed by atoms with Crippen molar-refractivity contribution < 1.29 is 23.1 Å². The molecule has 1 N–H and O–H groups in total. The molecule has 0 bridgehead atoms. The third-order valence-electron chi connectivity index (χ3n) is 2.75. The lowest BCUT2D eigenvalue weighted by Crippen LogP contribution is -2.52. The van der Waals surface area contributed by atoms with E-state index in [-0.39, 0.29) is 18.0 Å². The second-order valence-corrected chi connectivity index (χ2v) is 5.83. The smallest absolute Gasteiger partial charge is 0.309 e. The van der Waals surface area contributed by atoms with Crippen LogP contribution in [0, 0.1) is 5.92 Å². The maximum Gasteiger partial charge on any atom is 0.309 e. The van der Waals surface area contributed by atoms with Crippen LogP contribution >= 0.6 is 0 Å². The molecule has 1 aliphatic rings. The zero-order chi connectivity index (χ0) is 13.3. The van der Waals surface area contributed by atoms with Gasteiger partial charge in [0.05, 0.1) is 19.2 Å². The van der Waals surface area contributed by atoms with Gasteiger partial charge in [-0.05, 0) is 6.07 Å². The second-order valence-electron chi connectivity index (χ2n) is 3.89. The van der Waals surface area contributed by atoms with Gasteiger partial charge in [-0.2, -0.15) is 4.31 Å². The number of carboxylic acid groups (broad SMARTS) is 1. The van der Waals surface area contributed by atoms with Gasteiger partial charge in [0.2, 0.25) is 15.9 Å². The summed E-state index contributed by atoms with van der Waals surface area (Å²) in [7, 11) is -2.21. The number of hydrogen-bond donors (Lipinski definition) is 1. The molecule has 0 aliphatic carbocycles. The molecule has 1 saturated heterocycles. The molecule has 1 aliphatic heterocycles. The standard InChI is InChI=1S/C10H12N2O5S/c1-17-9-3-2-8(4-11-9)18(15,16)12-5-7(6-12)10(13)14/h2-4,7H,5-6H2,1H3,(H,13,14). The van der Waals surface area contributed by atoms with Gasteiger partial charge in [0.25, 0.3) is 0 Å². The van der Waals surface area contributed by atoms with E-state index in [0.717, 1.165) is 4.31 Å². The van der Waals surface area contributed by atoms with E-state index in [1.54, 1.807) is 0 Å². The summed E-state index contributed by atoms with van der Waals surface area (Å²) >= 11 is 0. The maximum absolute atomic E-state index is 12.0. The van der Waals surface area contributed by atoms with Crippen molar-refractivity contribution in [1.82, 2.24) is 9.29 Å². The molecule has 2 rings (SSSR count). The zero-order valence-corrected chi connectivity index (χ0v) is 10.4. The lowest BCUT2D eigenvalue weighted by molar-refractivity contribution is -0.145. The van der Waals surface area contributed by atoms with E-state index in [1.165, 1.54) is 25.4 Å². The number of aromatic nitrogens is 1. The van der Waals surface area contributed by atoms with Crippen molar-refractivity contribution in [2.24, 2.45) is 5.92 Å². The van der Waals surface area contributed by atoms with Crippen molar-refractivity contribution in [2.75, 3.05) is 20.2 Å². The van der Waals surface area contributed by atoms with Crippen LogP contribution in [0.1, 0.15) is 0 Å². The molecular formula is C10H12N2O5S. The highest BCUT2D eigenvalue weighted by Gasteiger charge is 2.40. The van der Waals surface area contributed by atoms with E-state index in [2.05, 4.69) is 4.98 Å². The van der Waals surface area contributed by atoms with Crippen molar-refractivity contribution in [3.63, 3.8) is 0 Å². The first-order valence-corrected chi connectivity index (χ1v) is 6.62. The number of carbonyl (C=O) groups is 1. The van der Waals surface area contributed by atoms with Crippen LogP contribution in [-0.4, -0.2) is 49.0 Å². The third kappa shape index (κ3) is 2.16. The van der Waals surface area contributed by atoms with Crippen LogP contribution in [0.5, 0.6) is 5.88 Å². The Bertz CT molecular complexity index is 548. The maximum atomic E-state index is 12.0. The molecule has 0 spiro atoms. The summed E-state index contributed by atoms with van der Waals surface area (Å²) in [6.07, 6.45) is 1.20. The molecule has 7 nitrogen and oxygen atoms in total. The number of sulfonamides is 1. The number of pyridine rings is 1. The first-order chi connectivity index (χ1) is 8.45. The Morgan fingerprint density at radius 1 is 1.50 bits per heavy atom. The van der Waals surface area contributed by atoms with E-state index in [1.807, 2.05) is 0 Å². The molecule has 0 unspecified atom stereocenters. The summed E-state index contributed by atoms with van der Waals surface area (Å²) in [5.74, 6) is -1.28. The average molecular weight is 272 g/mol. The van der Waals surface area contributed by atoms with E-state index in [4.69, 9.17) is 9.84 Å². The Balaban J connectivity index is 2.14. The molecule has 1 aromatic heterocycles. The van der Waals surface area contributed by atoms with Crippen LogP contribution in [-0.2, 0) is 14.8 Å². The van der Waals surface area contributed by atoms with Crippen molar-refractivity contribution in [1.29, 1.82) is 0 Å². The summed E-state index contributed by atoms with van der Waals surface area (Å²) in [5, 5.41) is 8.71. The number of hydrogen-bond acceptors (Lipinski definition) is 5. The average Bonchev–Trinajstić information content (AvgIpc) is 2.26. The van der Waals surface area contributed by atoms with Crippen molar-refractivity contribution >= 4 is 16.0 Å². The second kappa shape index (κ2) is 4.54. The van der Waals surface area contributed by atoms with Crippen molar-refractivity contribution in [3.05, 3.63) is 18.3 Å². The molecule has 0 aromatic carbocycles. The Hall–Kier alpha value is -1.67. The van der Waals surface area contributed by atoms with Gasteiger partial charge in [0.1, 0.15) is 4.90 Å². The monoisotopic (exact) mass is 272 g/mol. The Morgan fingerprint density at radius 2 is 2.17 bits per heavy atom. The minimum absolute atomic E-state index is 0.00367. The van der Waals surface area contributed by atoms with Crippen LogP contribution in [0.25, 0.3) is 0 Å². The summed E-state index contributed by atoms with van der Waals surface area (Å²) in [4.78, 5) is 14.5. The molecule has 8 heteroatoms. The quantitative estimate of drug-likeness (QED) is 0.815. The lowest BCUT2D eigenvalue weighted by atomic mass is 10.0. The minimum atomic E-state index is -3.64. The molecule has 0 saturated carbocycles. The van der Waals surface area contributed by atoms with Crippen LogP contribution in [0.4, 0.5) is 0 Å². The fourth-order valence-electron chi connectivity index (χ4n) is 1.58. The third-order valence-corrected chi connectivity index (χ3v) is 4.57. The van der Waals surface area contributed by atoms with Gasteiger partial charge in [-0.3, -0.25) is 4.79 Å². The molecular weight excluding hydrogens is 260 g/mol. The fraction of sp³-hybridized carbons (Fsp3) is 0.400. The number of carboxylic acids is 1. The molecule has 0 radical (unpaired) electrons. The van der Waals surface area contributed by atoms with E-state index < -0.39 is 21.9 Å². The largest absolute Gasteiger partial charge is 0.481 e. The summed E-state index contributed by atoms with van der Waals surface area (Å²) in [6, 6.07) is 2.83. The van der Waals surface area contributed by atoms with Crippen LogP contribution in [0.15, 0.2) is 23.2 Å². The molecule has 0 atom stereocenters. The van der Waals surface area contributed by atoms with Gasteiger partial charge in [0, 0.05) is 19.2 Å². The first kappa shape index (κ1) is 12.8. The molecule has 18 heavy (non-hydrogen) atoms. The Kier molecular flexibility index (Phi) is 3.22. The van der Waals surface area contributed by atoms with E-state index >= 15 is 0 Å². The fourth-order valence-corrected chi connectivity index (χ4v) is 3.06.